The highest BCUT2D eigenvalue weighted by atomic mass is 79.9. The third-order valence-corrected chi connectivity index (χ3v) is 7.31. The van der Waals surface area contributed by atoms with Crippen molar-refractivity contribution in [2.75, 3.05) is 6.54 Å². The Labute approximate surface area is 200 Å². The summed E-state index contributed by atoms with van der Waals surface area (Å²) in [6.07, 6.45) is 11.6. The molecular formula is C25H26Br2N4. The van der Waals surface area contributed by atoms with Gasteiger partial charge in [0.15, 0.2) is 0 Å². The van der Waals surface area contributed by atoms with Crippen LogP contribution in [0.25, 0.3) is 11.3 Å². The van der Waals surface area contributed by atoms with Crippen molar-refractivity contribution in [1.82, 2.24) is 19.9 Å². The largest absolute Gasteiger partial charge is 0.294 e. The van der Waals surface area contributed by atoms with Crippen LogP contribution in [-0.2, 0) is 19.5 Å². The van der Waals surface area contributed by atoms with Gasteiger partial charge in [-0.25, -0.2) is 9.97 Å². The van der Waals surface area contributed by atoms with Gasteiger partial charge in [-0.2, -0.15) is 0 Å². The standard InChI is InChI=1S/C25H26Br2N4/c26-21-10-19(11-22(27)12-21)23-7-6-17(13-28-23)15-31-9-8-24-20(16-31)14-29-25(30-24)18-4-2-1-3-5-18/h6-7,10-14,18H,1-5,8-9,15-16H2. The first-order valence-corrected chi connectivity index (χ1v) is 12.7. The Morgan fingerprint density at radius 2 is 1.74 bits per heavy atom. The lowest BCUT2D eigenvalue weighted by molar-refractivity contribution is 0.242. The Balaban J connectivity index is 1.24. The summed E-state index contributed by atoms with van der Waals surface area (Å²) >= 11 is 7.11. The molecule has 31 heavy (non-hydrogen) atoms. The summed E-state index contributed by atoms with van der Waals surface area (Å²) in [5.41, 5.74) is 5.87. The summed E-state index contributed by atoms with van der Waals surface area (Å²) in [5, 5.41) is 0. The predicted octanol–water partition coefficient (Wildman–Crippen LogP) is 6.67. The highest BCUT2D eigenvalue weighted by Gasteiger charge is 2.22. The molecule has 0 saturated heterocycles. The molecule has 1 aliphatic carbocycles. The molecule has 0 amide bonds. The zero-order valence-corrected chi connectivity index (χ0v) is 20.7. The van der Waals surface area contributed by atoms with E-state index >= 15 is 0 Å². The van der Waals surface area contributed by atoms with E-state index < -0.39 is 0 Å². The van der Waals surface area contributed by atoms with Gasteiger partial charge in [0, 0.05) is 70.1 Å². The summed E-state index contributed by atoms with van der Waals surface area (Å²) in [6.45, 7) is 2.86. The molecule has 1 fully saturated rings. The summed E-state index contributed by atoms with van der Waals surface area (Å²) in [4.78, 5) is 16.9. The molecule has 0 bridgehead atoms. The molecule has 4 nitrogen and oxygen atoms in total. The van der Waals surface area contributed by atoms with Crippen LogP contribution in [-0.4, -0.2) is 26.4 Å². The van der Waals surface area contributed by atoms with E-state index in [0.717, 1.165) is 52.1 Å². The maximum absolute atomic E-state index is 4.98. The van der Waals surface area contributed by atoms with Crippen LogP contribution in [0, 0.1) is 0 Å². The number of benzene rings is 1. The van der Waals surface area contributed by atoms with Crippen molar-refractivity contribution in [1.29, 1.82) is 0 Å². The lowest BCUT2D eigenvalue weighted by Crippen LogP contribution is -2.31. The van der Waals surface area contributed by atoms with Crippen LogP contribution in [0.4, 0.5) is 0 Å². The van der Waals surface area contributed by atoms with E-state index in [1.54, 1.807) is 0 Å². The highest BCUT2D eigenvalue weighted by molar-refractivity contribution is 9.11. The quantitative estimate of drug-likeness (QED) is 0.370. The van der Waals surface area contributed by atoms with Gasteiger partial charge in [-0.3, -0.25) is 9.88 Å². The van der Waals surface area contributed by atoms with Gasteiger partial charge in [0.25, 0.3) is 0 Å². The number of rotatable bonds is 4. The Bertz CT molecular complexity index is 1040. The number of nitrogens with zero attached hydrogens (tertiary/aromatic N) is 4. The van der Waals surface area contributed by atoms with Gasteiger partial charge in [0.05, 0.1) is 5.69 Å². The molecule has 6 heteroatoms. The van der Waals surface area contributed by atoms with Crippen LogP contribution in [0.5, 0.6) is 0 Å². The number of fused-ring (bicyclic) bond motifs is 1. The Hall–Kier alpha value is -1.63. The minimum absolute atomic E-state index is 0.576. The third-order valence-electron chi connectivity index (χ3n) is 6.39. The maximum atomic E-state index is 4.98. The minimum atomic E-state index is 0.576. The fraction of sp³-hybridized carbons (Fsp3) is 0.400. The summed E-state index contributed by atoms with van der Waals surface area (Å²) in [5.74, 6) is 1.67. The molecule has 3 aromatic rings. The van der Waals surface area contributed by atoms with Gasteiger partial charge in [-0.15, -0.1) is 0 Å². The molecule has 0 atom stereocenters. The number of halogens is 2. The first-order valence-electron chi connectivity index (χ1n) is 11.1. The number of pyridine rings is 1. The third kappa shape index (κ3) is 5.07. The van der Waals surface area contributed by atoms with Gasteiger partial charge >= 0.3 is 0 Å². The predicted molar refractivity (Wildman–Crippen MR) is 131 cm³/mol. The summed E-state index contributed by atoms with van der Waals surface area (Å²) in [6, 6.07) is 10.5. The van der Waals surface area contributed by atoms with Crippen LogP contribution >= 0.6 is 31.9 Å². The normalized spacial score (nSPS) is 17.5. The zero-order valence-electron chi connectivity index (χ0n) is 17.5. The van der Waals surface area contributed by atoms with Gasteiger partial charge < -0.3 is 0 Å². The lowest BCUT2D eigenvalue weighted by atomic mass is 9.88. The van der Waals surface area contributed by atoms with Gasteiger partial charge in [-0.05, 0) is 42.7 Å². The van der Waals surface area contributed by atoms with E-state index in [0.29, 0.717) is 5.92 Å². The van der Waals surface area contributed by atoms with E-state index in [1.165, 1.54) is 48.9 Å². The second-order valence-electron chi connectivity index (χ2n) is 8.71. The average molecular weight is 542 g/mol. The van der Waals surface area contributed by atoms with Crippen molar-refractivity contribution >= 4 is 31.9 Å². The molecule has 0 N–H and O–H groups in total. The van der Waals surface area contributed by atoms with Crippen molar-refractivity contribution in [2.24, 2.45) is 0 Å². The molecule has 5 rings (SSSR count). The molecular weight excluding hydrogens is 516 g/mol. The first-order chi connectivity index (χ1) is 15.1. The maximum Gasteiger partial charge on any atom is 0.131 e. The van der Waals surface area contributed by atoms with E-state index in [9.17, 15) is 0 Å². The molecule has 2 aliphatic rings. The number of hydrogen-bond donors (Lipinski definition) is 0. The minimum Gasteiger partial charge on any atom is -0.294 e. The van der Waals surface area contributed by atoms with Crippen LogP contribution in [0.2, 0.25) is 0 Å². The van der Waals surface area contributed by atoms with Crippen LogP contribution in [0.3, 0.4) is 0 Å². The fourth-order valence-corrected chi connectivity index (χ4v) is 6.02. The molecule has 1 aliphatic heterocycles. The molecule has 0 unspecified atom stereocenters. The van der Waals surface area contributed by atoms with Crippen molar-refractivity contribution in [2.45, 2.75) is 57.5 Å². The summed E-state index contributed by atoms with van der Waals surface area (Å²) < 4.78 is 2.09. The van der Waals surface area contributed by atoms with Gasteiger partial charge in [0.2, 0.25) is 0 Å². The Kier molecular flexibility index (Phi) is 6.49. The molecule has 160 valence electrons. The second kappa shape index (κ2) is 9.47. The van der Waals surface area contributed by atoms with Gasteiger partial charge in [0.1, 0.15) is 5.82 Å². The van der Waals surface area contributed by atoms with Crippen molar-refractivity contribution in [3.63, 3.8) is 0 Å². The van der Waals surface area contributed by atoms with E-state index in [-0.39, 0.29) is 0 Å². The summed E-state index contributed by atoms with van der Waals surface area (Å²) in [7, 11) is 0. The van der Waals surface area contributed by atoms with E-state index in [2.05, 4.69) is 67.2 Å². The number of aromatic nitrogens is 3. The zero-order chi connectivity index (χ0) is 21.2. The first kappa shape index (κ1) is 21.2. The lowest BCUT2D eigenvalue weighted by Gasteiger charge is -2.29. The fourth-order valence-electron chi connectivity index (χ4n) is 4.73. The van der Waals surface area contributed by atoms with Gasteiger partial charge in [-0.1, -0.05) is 57.2 Å². The second-order valence-corrected chi connectivity index (χ2v) is 10.5. The van der Waals surface area contributed by atoms with Crippen molar-refractivity contribution < 1.29 is 0 Å². The van der Waals surface area contributed by atoms with Crippen molar-refractivity contribution in [3.8, 4) is 11.3 Å². The molecule has 0 spiro atoms. The molecule has 2 aromatic heterocycles. The number of hydrogen-bond acceptors (Lipinski definition) is 4. The van der Waals surface area contributed by atoms with Crippen LogP contribution in [0.1, 0.15) is 60.7 Å². The van der Waals surface area contributed by atoms with E-state index in [4.69, 9.17) is 15.0 Å². The van der Waals surface area contributed by atoms with Crippen LogP contribution < -0.4 is 0 Å². The monoisotopic (exact) mass is 540 g/mol. The Morgan fingerprint density at radius 1 is 0.935 bits per heavy atom. The average Bonchev–Trinajstić information content (AvgIpc) is 2.79. The molecule has 0 radical (unpaired) electrons. The molecule has 1 aromatic carbocycles. The smallest absolute Gasteiger partial charge is 0.131 e. The highest BCUT2D eigenvalue weighted by Crippen LogP contribution is 2.31. The molecule has 1 saturated carbocycles. The topological polar surface area (TPSA) is 41.9 Å². The SMILES string of the molecule is Brc1cc(Br)cc(-c2ccc(CN3CCc4nc(C5CCCCC5)ncc4C3)cn2)c1. The Morgan fingerprint density at radius 3 is 2.48 bits per heavy atom. The molecule has 3 heterocycles. The van der Waals surface area contributed by atoms with E-state index in [1.807, 2.05) is 12.3 Å². The van der Waals surface area contributed by atoms with Crippen LogP contribution in [0.15, 0.2) is 51.7 Å². The van der Waals surface area contributed by atoms with Crippen molar-refractivity contribution in [3.05, 3.63) is 74.3 Å².